The Morgan fingerprint density at radius 3 is 2.35 bits per heavy atom. The molecule has 0 spiro atoms. The van der Waals surface area contributed by atoms with Crippen LogP contribution in [0.4, 0.5) is 0 Å². The van der Waals surface area contributed by atoms with Crippen LogP contribution in [0.1, 0.15) is 25.5 Å². The van der Waals surface area contributed by atoms with Crippen LogP contribution in [-0.4, -0.2) is 19.2 Å². The number of rotatable bonds is 9. The Balaban J connectivity index is 1.62. The lowest BCUT2D eigenvalue weighted by Crippen LogP contribution is -2.21. The Bertz CT molecular complexity index is 1330. The molecule has 4 rings (SSSR count). The number of fused-ring (bicyclic) bond motifs is 1. The number of hydrogen-bond donors (Lipinski definition) is 0. The van der Waals surface area contributed by atoms with Crippen LogP contribution in [0.3, 0.4) is 0 Å². The van der Waals surface area contributed by atoms with Gasteiger partial charge in [-0.2, -0.15) is 0 Å². The van der Waals surface area contributed by atoms with Gasteiger partial charge < -0.3 is 23.4 Å². The summed E-state index contributed by atoms with van der Waals surface area (Å²) in [7, 11) is 0. The third-order valence-corrected chi connectivity index (χ3v) is 4.94. The third kappa shape index (κ3) is 5.04. The van der Waals surface area contributed by atoms with Crippen molar-refractivity contribution in [3.05, 3.63) is 94.8 Å². The first-order valence-electron chi connectivity index (χ1n) is 10.9. The van der Waals surface area contributed by atoms with Gasteiger partial charge in [-0.05, 0) is 38.1 Å². The summed E-state index contributed by atoms with van der Waals surface area (Å²) in [6.45, 7) is 4.29. The fourth-order valence-electron chi connectivity index (χ4n) is 3.40. The first kappa shape index (κ1) is 22.9. The molecule has 1 unspecified atom stereocenters. The normalized spacial score (nSPS) is 11.6. The third-order valence-electron chi connectivity index (χ3n) is 4.94. The molecule has 0 amide bonds. The van der Waals surface area contributed by atoms with E-state index in [-0.39, 0.29) is 17.8 Å². The van der Waals surface area contributed by atoms with Gasteiger partial charge in [0, 0.05) is 11.6 Å². The summed E-state index contributed by atoms with van der Waals surface area (Å²) in [5, 5.41) is 0.311. The Morgan fingerprint density at radius 1 is 0.882 bits per heavy atom. The SMILES string of the molecule is CCOC(=O)C(Oc1ccc2c(=O)c(Oc3ccccc3OCC)coc2c1)c1ccccc1. The van der Waals surface area contributed by atoms with E-state index in [1.165, 1.54) is 6.26 Å². The van der Waals surface area contributed by atoms with Crippen LogP contribution in [0.2, 0.25) is 0 Å². The molecular weight excluding hydrogens is 436 g/mol. The molecule has 4 aromatic rings. The molecule has 0 saturated heterocycles. The number of benzene rings is 3. The minimum Gasteiger partial charge on any atom is -0.490 e. The molecule has 7 heteroatoms. The quantitative estimate of drug-likeness (QED) is 0.298. The summed E-state index contributed by atoms with van der Waals surface area (Å²) in [5.41, 5.74) is 0.604. The summed E-state index contributed by atoms with van der Waals surface area (Å²) < 4.78 is 28.1. The van der Waals surface area contributed by atoms with E-state index in [1.54, 1.807) is 55.5 Å². The summed E-state index contributed by atoms with van der Waals surface area (Å²) in [6.07, 6.45) is 0.292. The molecular formula is C27H24O7. The second-order valence-corrected chi connectivity index (χ2v) is 7.23. The number of carbonyl (C=O) groups is 1. The molecule has 0 fully saturated rings. The lowest BCUT2D eigenvalue weighted by Gasteiger charge is -2.18. The molecule has 3 aromatic carbocycles. The maximum absolute atomic E-state index is 13.0. The molecule has 34 heavy (non-hydrogen) atoms. The van der Waals surface area contributed by atoms with Crippen molar-refractivity contribution >= 4 is 16.9 Å². The number of ether oxygens (including phenoxy) is 4. The molecule has 0 aliphatic heterocycles. The maximum atomic E-state index is 13.0. The summed E-state index contributed by atoms with van der Waals surface area (Å²) in [6, 6.07) is 20.9. The van der Waals surface area contributed by atoms with Gasteiger partial charge in [0.05, 0.1) is 18.6 Å². The fraction of sp³-hybridized carbons (Fsp3) is 0.185. The monoisotopic (exact) mass is 460 g/mol. The Hall–Kier alpha value is -4.26. The molecule has 174 valence electrons. The molecule has 0 aliphatic carbocycles. The molecule has 0 saturated carbocycles. The second-order valence-electron chi connectivity index (χ2n) is 7.23. The first-order valence-corrected chi connectivity index (χ1v) is 10.9. The molecule has 0 radical (unpaired) electrons. The number of hydrogen-bond acceptors (Lipinski definition) is 7. The topological polar surface area (TPSA) is 84.2 Å². The number of esters is 1. The van der Waals surface area contributed by atoms with E-state index in [0.717, 1.165) is 0 Å². The highest BCUT2D eigenvalue weighted by molar-refractivity contribution is 5.80. The van der Waals surface area contributed by atoms with Crippen LogP contribution in [0.5, 0.6) is 23.0 Å². The number of carbonyl (C=O) groups excluding carboxylic acids is 1. The molecule has 1 heterocycles. The van der Waals surface area contributed by atoms with E-state index >= 15 is 0 Å². The van der Waals surface area contributed by atoms with E-state index in [4.69, 9.17) is 23.4 Å². The lowest BCUT2D eigenvalue weighted by molar-refractivity contribution is -0.151. The summed E-state index contributed by atoms with van der Waals surface area (Å²) in [5.74, 6) is 0.817. The molecule has 0 bridgehead atoms. The van der Waals surface area contributed by atoms with Gasteiger partial charge in [0.2, 0.25) is 17.3 Å². The van der Waals surface area contributed by atoms with Gasteiger partial charge in [-0.25, -0.2) is 4.79 Å². The molecule has 7 nitrogen and oxygen atoms in total. The highest BCUT2D eigenvalue weighted by atomic mass is 16.6. The average Bonchev–Trinajstić information content (AvgIpc) is 2.86. The zero-order valence-corrected chi connectivity index (χ0v) is 18.9. The van der Waals surface area contributed by atoms with E-state index in [2.05, 4.69) is 0 Å². The maximum Gasteiger partial charge on any atom is 0.352 e. The van der Waals surface area contributed by atoms with Gasteiger partial charge in [0.1, 0.15) is 17.6 Å². The van der Waals surface area contributed by atoms with Crippen molar-refractivity contribution in [3.63, 3.8) is 0 Å². The van der Waals surface area contributed by atoms with Crippen LogP contribution in [-0.2, 0) is 9.53 Å². The van der Waals surface area contributed by atoms with Gasteiger partial charge in [-0.1, -0.05) is 42.5 Å². The van der Waals surface area contributed by atoms with Crippen LogP contribution in [0.15, 0.2) is 88.3 Å². The first-order chi connectivity index (χ1) is 16.6. The van der Waals surface area contributed by atoms with E-state index in [9.17, 15) is 9.59 Å². The van der Waals surface area contributed by atoms with Crippen molar-refractivity contribution in [1.29, 1.82) is 0 Å². The van der Waals surface area contributed by atoms with Crippen molar-refractivity contribution in [2.24, 2.45) is 0 Å². The van der Waals surface area contributed by atoms with Crippen molar-refractivity contribution in [2.45, 2.75) is 20.0 Å². The van der Waals surface area contributed by atoms with Crippen molar-refractivity contribution in [1.82, 2.24) is 0 Å². The smallest absolute Gasteiger partial charge is 0.352 e. The minimum absolute atomic E-state index is 0.0296. The predicted octanol–water partition coefficient (Wildman–Crippen LogP) is 5.67. The van der Waals surface area contributed by atoms with Crippen LogP contribution in [0.25, 0.3) is 11.0 Å². The van der Waals surface area contributed by atoms with Crippen molar-refractivity contribution in [3.8, 4) is 23.0 Å². The van der Waals surface area contributed by atoms with E-state index in [0.29, 0.717) is 40.4 Å². The van der Waals surface area contributed by atoms with Gasteiger partial charge in [-0.3, -0.25) is 4.79 Å². The zero-order chi connectivity index (χ0) is 23.9. The largest absolute Gasteiger partial charge is 0.490 e. The Labute approximate surface area is 196 Å². The highest BCUT2D eigenvalue weighted by Gasteiger charge is 2.24. The standard InChI is InChI=1S/C27H24O7/c1-3-30-21-12-8-9-13-22(21)34-24-17-32-23-16-19(14-15-20(23)25(24)28)33-26(27(29)31-4-2)18-10-6-5-7-11-18/h5-17,26H,3-4H2,1-2H3. The molecule has 1 aromatic heterocycles. The molecule has 0 aliphatic rings. The predicted molar refractivity (Wildman–Crippen MR) is 127 cm³/mol. The van der Waals surface area contributed by atoms with Crippen LogP contribution >= 0.6 is 0 Å². The van der Waals surface area contributed by atoms with Crippen molar-refractivity contribution < 1.29 is 28.2 Å². The minimum atomic E-state index is -0.956. The van der Waals surface area contributed by atoms with Gasteiger partial charge in [0.15, 0.2) is 11.5 Å². The van der Waals surface area contributed by atoms with E-state index < -0.39 is 12.1 Å². The van der Waals surface area contributed by atoms with Gasteiger partial charge in [0.25, 0.3) is 0 Å². The second kappa shape index (κ2) is 10.6. The van der Waals surface area contributed by atoms with Crippen LogP contribution in [0, 0.1) is 0 Å². The molecule has 0 N–H and O–H groups in total. The lowest BCUT2D eigenvalue weighted by atomic mass is 10.1. The summed E-state index contributed by atoms with van der Waals surface area (Å²) >= 11 is 0. The number of para-hydroxylation sites is 2. The fourth-order valence-corrected chi connectivity index (χ4v) is 3.40. The molecule has 1 atom stereocenters. The summed E-state index contributed by atoms with van der Waals surface area (Å²) in [4.78, 5) is 25.5. The zero-order valence-electron chi connectivity index (χ0n) is 18.9. The van der Waals surface area contributed by atoms with Gasteiger partial charge in [-0.15, -0.1) is 0 Å². The highest BCUT2D eigenvalue weighted by Crippen LogP contribution is 2.32. The average molecular weight is 460 g/mol. The van der Waals surface area contributed by atoms with Crippen molar-refractivity contribution in [2.75, 3.05) is 13.2 Å². The van der Waals surface area contributed by atoms with Gasteiger partial charge >= 0.3 is 5.97 Å². The Kier molecular flexibility index (Phi) is 7.13. The Morgan fingerprint density at radius 2 is 1.62 bits per heavy atom. The van der Waals surface area contributed by atoms with E-state index in [1.807, 2.05) is 31.2 Å². The van der Waals surface area contributed by atoms with Crippen LogP contribution < -0.4 is 19.6 Å².